The van der Waals surface area contributed by atoms with Gasteiger partial charge in [-0.15, -0.1) is 11.3 Å². The molecule has 0 amide bonds. The van der Waals surface area contributed by atoms with E-state index in [2.05, 4.69) is 4.98 Å². The molecule has 3 rings (SSSR count). The van der Waals surface area contributed by atoms with Gasteiger partial charge >= 0.3 is 11.9 Å². The van der Waals surface area contributed by atoms with Crippen LogP contribution in [-0.4, -0.2) is 34.2 Å². The van der Waals surface area contributed by atoms with Crippen molar-refractivity contribution in [2.45, 2.75) is 58.1 Å². The van der Waals surface area contributed by atoms with E-state index in [0.717, 1.165) is 38.5 Å². The van der Waals surface area contributed by atoms with Gasteiger partial charge in [0.05, 0.1) is 23.9 Å². The maximum Gasteiger partial charge on any atom is 0.339 e. The van der Waals surface area contributed by atoms with Gasteiger partial charge in [-0.1, -0.05) is 13.3 Å². The molecule has 8 heteroatoms. The van der Waals surface area contributed by atoms with Crippen LogP contribution in [0.5, 0.6) is 0 Å². The maximum absolute atomic E-state index is 12.7. The Kier molecular flexibility index (Phi) is 6.03. The lowest BCUT2D eigenvalue weighted by Gasteiger charge is -2.12. The number of ether oxygens (including phenoxy) is 2. The molecule has 0 bridgehead atoms. The Hall–Kier alpha value is -2.22. The zero-order valence-corrected chi connectivity index (χ0v) is 15.5. The van der Waals surface area contributed by atoms with Crippen molar-refractivity contribution in [3.63, 3.8) is 0 Å². The minimum atomic E-state index is -0.533. The normalized spacial score (nSPS) is 14.7. The van der Waals surface area contributed by atoms with Gasteiger partial charge in [0, 0.05) is 5.38 Å². The molecule has 1 saturated carbocycles. The topological polar surface area (TPSA) is 87.5 Å². The maximum atomic E-state index is 12.7. The Labute approximate surface area is 154 Å². The molecule has 0 aliphatic heterocycles. The summed E-state index contributed by atoms with van der Waals surface area (Å²) in [7, 11) is 0. The lowest BCUT2D eigenvalue weighted by atomic mass is 10.2. The highest BCUT2D eigenvalue weighted by Crippen LogP contribution is 2.22. The summed E-state index contributed by atoms with van der Waals surface area (Å²) in [4.78, 5) is 41.7. The molecule has 0 atom stereocenters. The van der Waals surface area contributed by atoms with Crippen molar-refractivity contribution < 1.29 is 19.1 Å². The molecular weight excluding hydrogens is 356 g/mol. The number of hydrogen-bond acceptors (Lipinski definition) is 7. The monoisotopic (exact) mass is 378 g/mol. The van der Waals surface area contributed by atoms with Crippen LogP contribution in [0.15, 0.2) is 16.5 Å². The minimum Gasteiger partial charge on any atom is -0.462 e. The van der Waals surface area contributed by atoms with E-state index in [1.807, 2.05) is 6.92 Å². The number of fused-ring (bicyclic) bond motifs is 1. The average Bonchev–Trinajstić information content (AvgIpc) is 3.27. The molecule has 0 saturated heterocycles. The van der Waals surface area contributed by atoms with Crippen LogP contribution in [0.25, 0.3) is 10.2 Å². The first-order chi connectivity index (χ1) is 12.6. The number of rotatable bonds is 7. The van der Waals surface area contributed by atoms with Gasteiger partial charge in [-0.2, -0.15) is 0 Å². The third-order valence-electron chi connectivity index (χ3n) is 4.41. The highest BCUT2D eigenvalue weighted by Gasteiger charge is 2.22. The van der Waals surface area contributed by atoms with E-state index in [9.17, 15) is 14.4 Å². The van der Waals surface area contributed by atoms with Crippen LogP contribution in [0, 0.1) is 0 Å². The number of carbonyl (C=O) groups is 2. The summed E-state index contributed by atoms with van der Waals surface area (Å²) in [5.41, 5.74) is -0.223. The zero-order valence-electron chi connectivity index (χ0n) is 14.7. The smallest absolute Gasteiger partial charge is 0.339 e. The molecule has 2 aromatic rings. The molecule has 1 aliphatic carbocycles. The van der Waals surface area contributed by atoms with E-state index >= 15 is 0 Å². The molecule has 2 aromatic heterocycles. The van der Waals surface area contributed by atoms with Gasteiger partial charge < -0.3 is 9.47 Å². The van der Waals surface area contributed by atoms with Crippen LogP contribution in [-0.2, 0) is 20.8 Å². The Morgan fingerprint density at radius 3 is 2.85 bits per heavy atom. The highest BCUT2D eigenvalue weighted by molar-refractivity contribution is 7.17. The van der Waals surface area contributed by atoms with E-state index in [4.69, 9.17) is 9.47 Å². The highest BCUT2D eigenvalue weighted by atomic mass is 32.1. The number of aromatic nitrogens is 2. The predicted molar refractivity (Wildman–Crippen MR) is 97.4 cm³/mol. The van der Waals surface area contributed by atoms with Gasteiger partial charge in [0.25, 0.3) is 5.56 Å². The van der Waals surface area contributed by atoms with Gasteiger partial charge in [0.2, 0.25) is 0 Å². The molecule has 0 unspecified atom stereocenters. The van der Waals surface area contributed by atoms with Crippen molar-refractivity contribution >= 4 is 33.5 Å². The second-order valence-electron chi connectivity index (χ2n) is 6.39. The summed E-state index contributed by atoms with van der Waals surface area (Å²) in [5.74, 6) is -0.989. The van der Waals surface area contributed by atoms with E-state index in [1.54, 1.807) is 5.38 Å². The average molecular weight is 378 g/mol. The van der Waals surface area contributed by atoms with Crippen molar-refractivity contribution in [2.24, 2.45) is 0 Å². The number of nitrogens with zero attached hydrogens (tertiary/aromatic N) is 2. The molecule has 26 heavy (non-hydrogen) atoms. The number of esters is 2. The van der Waals surface area contributed by atoms with E-state index in [0.29, 0.717) is 11.4 Å². The standard InChI is InChI=1S/C18H22N2O5S/c1-2-3-8-24-18(23)13-10-26-16-15(13)17(22)20(11-19-16)9-14(21)25-12-6-4-5-7-12/h10-12H,2-9H2,1H3. The van der Waals surface area contributed by atoms with Gasteiger partial charge in [0.15, 0.2) is 0 Å². The molecule has 0 N–H and O–H groups in total. The molecule has 140 valence electrons. The zero-order chi connectivity index (χ0) is 18.5. The van der Waals surface area contributed by atoms with Crippen molar-refractivity contribution in [1.82, 2.24) is 9.55 Å². The lowest BCUT2D eigenvalue weighted by molar-refractivity contribution is -0.149. The van der Waals surface area contributed by atoms with E-state index in [1.165, 1.54) is 22.2 Å². The van der Waals surface area contributed by atoms with E-state index < -0.39 is 17.5 Å². The summed E-state index contributed by atoms with van der Waals surface area (Å²) in [5, 5.41) is 1.78. The second kappa shape index (κ2) is 8.44. The van der Waals surface area contributed by atoms with Crippen LogP contribution in [0.4, 0.5) is 0 Å². The Morgan fingerprint density at radius 2 is 2.12 bits per heavy atom. The Morgan fingerprint density at radius 1 is 1.35 bits per heavy atom. The molecule has 1 aliphatic rings. The molecular formula is C18H22N2O5S. The third kappa shape index (κ3) is 4.12. The van der Waals surface area contributed by atoms with Crippen LogP contribution in [0.3, 0.4) is 0 Å². The quantitative estimate of drug-likeness (QED) is 0.544. The fraction of sp³-hybridized carbons (Fsp3) is 0.556. The first-order valence-corrected chi connectivity index (χ1v) is 9.81. The molecule has 2 heterocycles. The van der Waals surface area contributed by atoms with Crippen molar-refractivity contribution in [2.75, 3.05) is 6.61 Å². The fourth-order valence-electron chi connectivity index (χ4n) is 2.99. The third-order valence-corrected chi connectivity index (χ3v) is 5.30. The lowest BCUT2D eigenvalue weighted by Crippen LogP contribution is -2.28. The summed E-state index contributed by atoms with van der Waals surface area (Å²) in [6.07, 6.45) is 6.81. The van der Waals surface area contributed by atoms with Crippen molar-refractivity contribution in [3.8, 4) is 0 Å². The largest absolute Gasteiger partial charge is 0.462 e. The number of unbranched alkanes of at least 4 members (excludes halogenated alkanes) is 1. The van der Waals surface area contributed by atoms with Gasteiger partial charge in [0.1, 0.15) is 17.5 Å². The molecule has 1 fully saturated rings. The van der Waals surface area contributed by atoms with Gasteiger partial charge in [-0.05, 0) is 32.1 Å². The number of thiophene rings is 1. The second-order valence-corrected chi connectivity index (χ2v) is 7.25. The van der Waals surface area contributed by atoms with Gasteiger partial charge in [-0.25, -0.2) is 9.78 Å². The number of carbonyl (C=O) groups excluding carboxylic acids is 2. The SMILES string of the molecule is CCCCOC(=O)c1csc2ncn(CC(=O)OC3CCCC3)c(=O)c12. The van der Waals surface area contributed by atoms with Crippen molar-refractivity contribution in [1.29, 1.82) is 0 Å². The Bertz CT molecular complexity index is 851. The van der Waals surface area contributed by atoms with Gasteiger partial charge in [-0.3, -0.25) is 14.2 Å². The van der Waals surface area contributed by atoms with Crippen molar-refractivity contribution in [3.05, 3.63) is 27.6 Å². The predicted octanol–water partition coefficient (Wildman–Crippen LogP) is 2.90. The fourth-order valence-corrected chi connectivity index (χ4v) is 3.85. The number of hydrogen-bond donors (Lipinski definition) is 0. The molecule has 0 radical (unpaired) electrons. The summed E-state index contributed by atoms with van der Waals surface area (Å²) >= 11 is 1.21. The van der Waals surface area contributed by atoms with E-state index in [-0.39, 0.29) is 23.6 Å². The van der Waals surface area contributed by atoms with Crippen LogP contribution >= 0.6 is 11.3 Å². The van der Waals surface area contributed by atoms with Crippen LogP contribution < -0.4 is 5.56 Å². The summed E-state index contributed by atoms with van der Waals surface area (Å²) in [6.45, 7) is 2.11. The Balaban J connectivity index is 1.78. The van der Waals surface area contributed by atoms with Crippen LogP contribution in [0.2, 0.25) is 0 Å². The molecule has 7 nitrogen and oxygen atoms in total. The van der Waals surface area contributed by atoms with Crippen LogP contribution in [0.1, 0.15) is 55.8 Å². The molecule has 0 spiro atoms. The molecule has 0 aromatic carbocycles. The minimum absolute atomic E-state index is 0.0554. The summed E-state index contributed by atoms with van der Waals surface area (Å²) in [6, 6.07) is 0. The first kappa shape index (κ1) is 18.6. The first-order valence-electron chi connectivity index (χ1n) is 8.93. The summed E-state index contributed by atoms with van der Waals surface area (Å²) < 4.78 is 11.8.